The third kappa shape index (κ3) is 7.10. The molecular weight excluding hydrogens is 336 g/mol. The summed E-state index contributed by atoms with van der Waals surface area (Å²) < 4.78 is 0. The van der Waals surface area contributed by atoms with E-state index in [0.717, 1.165) is 5.56 Å². The minimum atomic E-state index is -0.775. The van der Waals surface area contributed by atoms with Crippen LogP contribution in [0.3, 0.4) is 0 Å². The van der Waals surface area contributed by atoms with E-state index < -0.39 is 23.8 Å². The number of carbonyl (C=O) groups excluding carboxylic acids is 3. The second kappa shape index (κ2) is 10.4. The van der Waals surface area contributed by atoms with E-state index in [4.69, 9.17) is 10.9 Å². The number of hydrogen-bond donors (Lipinski definition) is 5. The third-order valence-electron chi connectivity index (χ3n) is 3.98. The summed E-state index contributed by atoms with van der Waals surface area (Å²) in [5.41, 5.74) is 8.67. The predicted octanol–water partition coefficient (Wildman–Crippen LogP) is 0.600. The molecule has 1 aromatic rings. The van der Waals surface area contributed by atoms with E-state index in [1.54, 1.807) is 29.7 Å². The fourth-order valence-electron chi connectivity index (χ4n) is 2.68. The van der Waals surface area contributed by atoms with Crippen LogP contribution in [0.2, 0.25) is 0 Å². The highest BCUT2D eigenvalue weighted by Crippen LogP contribution is 2.17. The van der Waals surface area contributed by atoms with Crippen LogP contribution in [0.15, 0.2) is 24.3 Å². The minimum absolute atomic E-state index is 0.150. The molecule has 0 saturated heterocycles. The van der Waals surface area contributed by atoms with Gasteiger partial charge in [0.1, 0.15) is 6.04 Å². The van der Waals surface area contributed by atoms with Crippen molar-refractivity contribution in [3.63, 3.8) is 0 Å². The second-order valence-electron chi connectivity index (χ2n) is 6.69. The van der Waals surface area contributed by atoms with Gasteiger partial charge in [0.25, 0.3) is 0 Å². The summed E-state index contributed by atoms with van der Waals surface area (Å²) in [4.78, 5) is 36.3. The SMILES string of the molecule is CNC(=O)[C@H](Cc1ccc(N)cc1)NC(=O)[C@@H](CC(=O)NO)CC(C)C. The summed E-state index contributed by atoms with van der Waals surface area (Å²) in [5, 5.41) is 14.0. The molecule has 8 heteroatoms. The van der Waals surface area contributed by atoms with Crippen LogP contribution in [0.4, 0.5) is 5.69 Å². The molecule has 0 unspecified atom stereocenters. The zero-order valence-electron chi connectivity index (χ0n) is 15.4. The van der Waals surface area contributed by atoms with Crippen LogP contribution in [0.25, 0.3) is 0 Å². The van der Waals surface area contributed by atoms with E-state index in [9.17, 15) is 14.4 Å². The number of anilines is 1. The molecule has 144 valence electrons. The topological polar surface area (TPSA) is 134 Å². The van der Waals surface area contributed by atoms with Crippen LogP contribution < -0.4 is 21.8 Å². The number of carbonyl (C=O) groups is 3. The zero-order valence-corrected chi connectivity index (χ0v) is 15.4. The van der Waals surface area contributed by atoms with Gasteiger partial charge >= 0.3 is 0 Å². The lowest BCUT2D eigenvalue weighted by Gasteiger charge is -2.22. The van der Waals surface area contributed by atoms with Gasteiger partial charge in [-0.2, -0.15) is 0 Å². The number of benzene rings is 1. The van der Waals surface area contributed by atoms with E-state index in [1.807, 2.05) is 13.8 Å². The first-order valence-corrected chi connectivity index (χ1v) is 8.56. The molecular formula is C18H28N4O4. The van der Waals surface area contributed by atoms with Crippen molar-refractivity contribution in [1.29, 1.82) is 0 Å². The maximum Gasteiger partial charge on any atom is 0.244 e. The standard InChI is InChI=1S/C18H28N4O4/c1-11(2)8-13(10-16(23)22-26)17(24)21-15(18(25)20-3)9-12-4-6-14(19)7-5-12/h4-7,11,13,15,26H,8-10,19H2,1-3H3,(H,20,25)(H,21,24)(H,22,23)/t13-,15+/m1/s1. The number of hydroxylamine groups is 1. The second-order valence-corrected chi connectivity index (χ2v) is 6.69. The Kier molecular flexibility index (Phi) is 8.57. The zero-order chi connectivity index (χ0) is 19.7. The van der Waals surface area contributed by atoms with Gasteiger partial charge in [-0.1, -0.05) is 26.0 Å². The number of nitrogens with two attached hydrogens (primary N) is 1. The lowest BCUT2D eigenvalue weighted by Crippen LogP contribution is -2.49. The Morgan fingerprint density at radius 1 is 1.12 bits per heavy atom. The van der Waals surface area contributed by atoms with Gasteiger partial charge in [-0.25, -0.2) is 5.48 Å². The maximum absolute atomic E-state index is 12.6. The highest BCUT2D eigenvalue weighted by molar-refractivity contribution is 5.90. The quantitative estimate of drug-likeness (QED) is 0.249. The molecule has 0 aliphatic heterocycles. The Bertz CT molecular complexity index is 616. The fraction of sp³-hybridized carbons (Fsp3) is 0.500. The molecule has 0 spiro atoms. The average Bonchev–Trinajstić information content (AvgIpc) is 2.61. The molecule has 0 fully saturated rings. The summed E-state index contributed by atoms with van der Waals surface area (Å²) in [6, 6.07) is 6.27. The molecule has 6 N–H and O–H groups in total. The van der Waals surface area contributed by atoms with Crippen molar-refractivity contribution in [2.24, 2.45) is 11.8 Å². The summed E-state index contributed by atoms with van der Waals surface area (Å²) in [7, 11) is 1.50. The van der Waals surface area contributed by atoms with Gasteiger partial charge < -0.3 is 16.4 Å². The summed E-state index contributed by atoms with van der Waals surface area (Å²) in [6.45, 7) is 3.86. The third-order valence-corrected chi connectivity index (χ3v) is 3.98. The number of nitrogens with one attached hydrogen (secondary N) is 3. The summed E-state index contributed by atoms with van der Waals surface area (Å²) in [6.07, 6.45) is 0.608. The molecule has 0 aliphatic carbocycles. The highest BCUT2D eigenvalue weighted by atomic mass is 16.5. The number of rotatable bonds is 9. The smallest absolute Gasteiger partial charge is 0.244 e. The molecule has 2 atom stereocenters. The maximum atomic E-state index is 12.6. The van der Waals surface area contributed by atoms with E-state index in [2.05, 4.69) is 10.6 Å². The normalized spacial score (nSPS) is 13.0. The number of nitrogen functional groups attached to an aromatic ring is 1. The molecule has 0 bridgehead atoms. The Hall–Kier alpha value is -2.61. The lowest BCUT2D eigenvalue weighted by molar-refractivity contribution is -0.136. The van der Waals surface area contributed by atoms with Crippen molar-refractivity contribution < 1.29 is 19.6 Å². The van der Waals surface area contributed by atoms with Crippen LogP contribution in [0.1, 0.15) is 32.3 Å². The van der Waals surface area contributed by atoms with Crippen molar-refractivity contribution in [3.05, 3.63) is 29.8 Å². The average molecular weight is 364 g/mol. The number of likely N-dealkylation sites (N-methyl/N-ethyl adjacent to an activating group) is 1. The molecule has 8 nitrogen and oxygen atoms in total. The van der Waals surface area contributed by atoms with E-state index >= 15 is 0 Å². The Morgan fingerprint density at radius 3 is 2.23 bits per heavy atom. The molecule has 0 heterocycles. The molecule has 0 aromatic heterocycles. The fourth-order valence-corrected chi connectivity index (χ4v) is 2.68. The molecule has 3 amide bonds. The van der Waals surface area contributed by atoms with Crippen LogP contribution in [0, 0.1) is 11.8 Å². The van der Waals surface area contributed by atoms with Crippen molar-refractivity contribution >= 4 is 23.4 Å². The lowest BCUT2D eigenvalue weighted by atomic mass is 9.92. The van der Waals surface area contributed by atoms with Gasteiger partial charge in [0, 0.05) is 31.5 Å². The summed E-state index contributed by atoms with van der Waals surface area (Å²) in [5.74, 6) is -1.83. The first kappa shape index (κ1) is 21.4. The van der Waals surface area contributed by atoms with Crippen LogP contribution in [-0.4, -0.2) is 36.0 Å². The first-order valence-electron chi connectivity index (χ1n) is 8.56. The molecule has 26 heavy (non-hydrogen) atoms. The Morgan fingerprint density at radius 2 is 1.73 bits per heavy atom. The largest absolute Gasteiger partial charge is 0.399 e. The van der Waals surface area contributed by atoms with Gasteiger partial charge in [-0.3, -0.25) is 19.6 Å². The molecule has 1 rings (SSSR count). The predicted molar refractivity (Wildman–Crippen MR) is 98.0 cm³/mol. The Labute approximate surface area is 153 Å². The van der Waals surface area contributed by atoms with Crippen molar-refractivity contribution in [2.75, 3.05) is 12.8 Å². The van der Waals surface area contributed by atoms with Crippen molar-refractivity contribution in [2.45, 2.75) is 39.2 Å². The van der Waals surface area contributed by atoms with E-state index in [1.165, 1.54) is 7.05 Å². The van der Waals surface area contributed by atoms with Crippen LogP contribution >= 0.6 is 0 Å². The number of hydrogen-bond acceptors (Lipinski definition) is 5. The van der Waals surface area contributed by atoms with Crippen LogP contribution in [-0.2, 0) is 20.8 Å². The van der Waals surface area contributed by atoms with Gasteiger partial charge in [0.2, 0.25) is 17.7 Å². The van der Waals surface area contributed by atoms with E-state index in [0.29, 0.717) is 18.5 Å². The van der Waals surface area contributed by atoms with Gasteiger partial charge in [0.05, 0.1) is 0 Å². The van der Waals surface area contributed by atoms with Gasteiger partial charge in [-0.15, -0.1) is 0 Å². The molecule has 0 saturated carbocycles. The monoisotopic (exact) mass is 364 g/mol. The Balaban J connectivity index is 2.88. The van der Waals surface area contributed by atoms with Crippen molar-refractivity contribution in [1.82, 2.24) is 16.1 Å². The molecule has 1 aromatic carbocycles. The number of amides is 3. The first-order chi connectivity index (χ1) is 12.3. The molecule has 0 radical (unpaired) electrons. The van der Waals surface area contributed by atoms with E-state index in [-0.39, 0.29) is 18.2 Å². The summed E-state index contributed by atoms with van der Waals surface area (Å²) >= 11 is 0. The molecule has 0 aliphatic rings. The van der Waals surface area contributed by atoms with Gasteiger partial charge in [-0.05, 0) is 30.0 Å². The van der Waals surface area contributed by atoms with Crippen molar-refractivity contribution in [3.8, 4) is 0 Å². The highest BCUT2D eigenvalue weighted by Gasteiger charge is 2.27. The van der Waals surface area contributed by atoms with Gasteiger partial charge in [0.15, 0.2) is 0 Å². The van der Waals surface area contributed by atoms with Crippen LogP contribution in [0.5, 0.6) is 0 Å². The minimum Gasteiger partial charge on any atom is -0.399 e.